The Balaban J connectivity index is 2.47. The van der Waals surface area contributed by atoms with Gasteiger partial charge in [-0.05, 0) is 18.8 Å². The second kappa shape index (κ2) is 3.04. The first-order valence-electron chi connectivity index (χ1n) is 3.97. The van der Waals surface area contributed by atoms with E-state index >= 15 is 0 Å². The third kappa shape index (κ3) is 1.49. The summed E-state index contributed by atoms with van der Waals surface area (Å²) in [5.74, 6) is 0.153. The van der Waals surface area contributed by atoms with Crippen molar-refractivity contribution in [2.45, 2.75) is 32.6 Å². The average Bonchev–Trinajstić information content (AvgIpc) is 1.88. The van der Waals surface area contributed by atoms with Gasteiger partial charge in [0.25, 0.3) is 0 Å². The SMILES string of the molecule is CC1CCCCC1C([NH])=O. The minimum atomic E-state index is -0.354. The van der Waals surface area contributed by atoms with Gasteiger partial charge in [-0.15, -0.1) is 0 Å². The predicted molar refractivity (Wildman–Crippen MR) is 39.2 cm³/mol. The van der Waals surface area contributed by atoms with Gasteiger partial charge in [0.05, 0.1) is 0 Å². The first-order chi connectivity index (χ1) is 4.72. The van der Waals surface area contributed by atoms with E-state index in [1.54, 1.807) is 0 Å². The molecular weight excluding hydrogens is 126 g/mol. The first kappa shape index (κ1) is 7.58. The van der Waals surface area contributed by atoms with Gasteiger partial charge in [-0.1, -0.05) is 19.8 Å². The molecule has 57 valence electrons. The molecule has 1 fully saturated rings. The number of rotatable bonds is 1. The van der Waals surface area contributed by atoms with Crippen LogP contribution in [0.15, 0.2) is 0 Å². The van der Waals surface area contributed by atoms with E-state index in [1.807, 2.05) is 0 Å². The Bertz CT molecular complexity index is 133. The van der Waals surface area contributed by atoms with Crippen LogP contribution in [-0.4, -0.2) is 5.91 Å². The van der Waals surface area contributed by atoms with Gasteiger partial charge >= 0.3 is 0 Å². The molecule has 2 atom stereocenters. The van der Waals surface area contributed by atoms with Gasteiger partial charge < -0.3 is 0 Å². The maximum absolute atomic E-state index is 10.7. The van der Waals surface area contributed by atoms with Gasteiger partial charge in [0.15, 0.2) is 0 Å². The van der Waals surface area contributed by atoms with E-state index in [1.165, 1.54) is 6.42 Å². The highest BCUT2D eigenvalue weighted by atomic mass is 16.1. The molecular formula is C8H14NO. The fourth-order valence-corrected chi connectivity index (χ4v) is 1.71. The summed E-state index contributed by atoms with van der Waals surface area (Å²) in [5, 5.41) is 0. The zero-order valence-corrected chi connectivity index (χ0v) is 6.39. The Hall–Kier alpha value is -0.530. The van der Waals surface area contributed by atoms with Gasteiger partial charge in [-0.25, -0.2) is 0 Å². The van der Waals surface area contributed by atoms with E-state index in [2.05, 4.69) is 6.92 Å². The largest absolute Gasteiger partial charge is 0.273 e. The monoisotopic (exact) mass is 140 g/mol. The first-order valence-corrected chi connectivity index (χ1v) is 3.97. The van der Waals surface area contributed by atoms with Crippen LogP contribution in [0.5, 0.6) is 0 Å². The summed E-state index contributed by atoms with van der Waals surface area (Å²) in [7, 11) is 0. The number of hydrogen-bond donors (Lipinski definition) is 0. The molecule has 1 rings (SSSR count). The molecule has 0 aromatic heterocycles. The molecule has 2 unspecified atom stereocenters. The normalized spacial score (nSPS) is 33.7. The van der Waals surface area contributed by atoms with E-state index < -0.39 is 0 Å². The van der Waals surface area contributed by atoms with Crippen molar-refractivity contribution in [3.05, 3.63) is 0 Å². The van der Waals surface area contributed by atoms with Gasteiger partial charge in [0.2, 0.25) is 5.91 Å². The van der Waals surface area contributed by atoms with Crippen molar-refractivity contribution in [2.75, 3.05) is 0 Å². The van der Waals surface area contributed by atoms with Crippen LogP contribution in [0.2, 0.25) is 0 Å². The molecule has 10 heavy (non-hydrogen) atoms. The minimum Gasteiger partial charge on any atom is -0.273 e. The van der Waals surface area contributed by atoms with Crippen molar-refractivity contribution in [1.29, 1.82) is 0 Å². The number of carbonyl (C=O) groups is 1. The zero-order chi connectivity index (χ0) is 7.56. The van der Waals surface area contributed by atoms with Crippen molar-refractivity contribution in [2.24, 2.45) is 11.8 Å². The van der Waals surface area contributed by atoms with Crippen LogP contribution in [0.1, 0.15) is 32.6 Å². The van der Waals surface area contributed by atoms with Crippen molar-refractivity contribution < 1.29 is 4.79 Å². The summed E-state index contributed by atoms with van der Waals surface area (Å²) in [6, 6.07) is 0. The van der Waals surface area contributed by atoms with Crippen LogP contribution in [-0.2, 0) is 4.79 Å². The summed E-state index contributed by atoms with van der Waals surface area (Å²) in [6.45, 7) is 2.08. The topological polar surface area (TPSA) is 40.9 Å². The quantitative estimate of drug-likeness (QED) is 0.545. The minimum absolute atomic E-state index is 0.0498. The lowest BCUT2D eigenvalue weighted by atomic mass is 9.80. The molecule has 0 aliphatic heterocycles. The van der Waals surface area contributed by atoms with Gasteiger partial charge in [-0.3, -0.25) is 10.5 Å². The maximum Gasteiger partial charge on any atom is 0.241 e. The fraction of sp³-hybridized carbons (Fsp3) is 0.875. The molecule has 1 aliphatic rings. The van der Waals surface area contributed by atoms with Crippen molar-refractivity contribution >= 4 is 5.91 Å². The highest BCUT2D eigenvalue weighted by Crippen LogP contribution is 2.29. The van der Waals surface area contributed by atoms with Gasteiger partial charge in [0, 0.05) is 5.92 Å². The van der Waals surface area contributed by atoms with Crippen LogP contribution >= 0.6 is 0 Å². The van der Waals surface area contributed by atoms with Crippen LogP contribution in [0, 0.1) is 11.8 Å². The highest BCUT2D eigenvalue weighted by molar-refractivity contribution is 5.76. The lowest BCUT2D eigenvalue weighted by Gasteiger charge is -2.25. The predicted octanol–water partition coefficient (Wildman–Crippen LogP) is 1.62. The van der Waals surface area contributed by atoms with Crippen LogP contribution < -0.4 is 5.73 Å². The molecule has 2 nitrogen and oxygen atoms in total. The van der Waals surface area contributed by atoms with Crippen molar-refractivity contribution in [3.8, 4) is 0 Å². The van der Waals surface area contributed by atoms with Gasteiger partial charge in [-0.2, -0.15) is 0 Å². The van der Waals surface area contributed by atoms with E-state index in [-0.39, 0.29) is 11.8 Å². The maximum atomic E-state index is 10.7. The van der Waals surface area contributed by atoms with Crippen LogP contribution in [0.25, 0.3) is 0 Å². The van der Waals surface area contributed by atoms with E-state index in [0.29, 0.717) is 5.92 Å². The summed E-state index contributed by atoms with van der Waals surface area (Å²) in [4.78, 5) is 10.7. The number of nitrogens with one attached hydrogen (secondary N) is 1. The molecule has 2 heteroatoms. The molecule has 0 aromatic carbocycles. The van der Waals surface area contributed by atoms with Crippen LogP contribution in [0.3, 0.4) is 0 Å². The van der Waals surface area contributed by atoms with Crippen LogP contribution in [0.4, 0.5) is 0 Å². The molecule has 1 radical (unpaired) electrons. The Morgan fingerprint density at radius 1 is 1.40 bits per heavy atom. The second-order valence-electron chi connectivity index (χ2n) is 3.23. The fourth-order valence-electron chi connectivity index (χ4n) is 1.71. The summed E-state index contributed by atoms with van der Waals surface area (Å²) >= 11 is 0. The lowest BCUT2D eigenvalue weighted by Crippen LogP contribution is -2.25. The third-order valence-corrected chi connectivity index (χ3v) is 2.45. The Morgan fingerprint density at radius 3 is 2.40 bits per heavy atom. The summed E-state index contributed by atoms with van der Waals surface area (Å²) in [6.07, 6.45) is 4.46. The zero-order valence-electron chi connectivity index (χ0n) is 6.39. The number of carbonyl (C=O) groups excluding carboxylic acids is 1. The Kier molecular flexibility index (Phi) is 2.30. The number of amides is 1. The molecule has 1 aliphatic carbocycles. The molecule has 0 saturated heterocycles. The smallest absolute Gasteiger partial charge is 0.241 e. The molecule has 0 heterocycles. The molecule has 1 N–H and O–H groups in total. The Labute approximate surface area is 61.8 Å². The highest BCUT2D eigenvalue weighted by Gasteiger charge is 2.25. The Morgan fingerprint density at radius 2 is 2.00 bits per heavy atom. The average molecular weight is 140 g/mol. The summed E-state index contributed by atoms with van der Waals surface area (Å²) in [5.41, 5.74) is 6.96. The van der Waals surface area contributed by atoms with E-state index in [9.17, 15) is 4.79 Å². The van der Waals surface area contributed by atoms with E-state index in [4.69, 9.17) is 5.73 Å². The van der Waals surface area contributed by atoms with Crippen molar-refractivity contribution in [1.82, 2.24) is 5.73 Å². The third-order valence-electron chi connectivity index (χ3n) is 2.45. The van der Waals surface area contributed by atoms with Gasteiger partial charge in [0.1, 0.15) is 0 Å². The molecule has 1 amide bonds. The molecule has 0 bridgehead atoms. The second-order valence-corrected chi connectivity index (χ2v) is 3.23. The molecule has 1 saturated carbocycles. The summed E-state index contributed by atoms with van der Waals surface area (Å²) < 4.78 is 0. The standard InChI is InChI=1S/C8H14NO/c1-6-4-2-3-5-7(6)8(9)10/h6-7,9H,2-5H2,1H3. The lowest BCUT2D eigenvalue weighted by molar-refractivity contribution is -0.124. The van der Waals surface area contributed by atoms with E-state index in [0.717, 1.165) is 19.3 Å². The molecule has 0 aromatic rings. The molecule has 0 spiro atoms. The number of hydrogen-bond acceptors (Lipinski definition) is 1. The van der Waals surface area contributed by atoms with Crippen molar-refractivity contribution in [3.63, 3.8) is 0 Å².